The third-order valence-corrected chi connectivity index (χ3v) is 2.86. The van der Waals surface area contributed by atoms with E-state index in [0.29, 0.717) is 10.8 Å². The maximum absolute atomic E-state index is 5.67. The number of nitrogens with zero attached hydrogens (tertiary/aromatic N) is 5. The molecule has 0 spiro atoms. The van der Waals surface area contributed by atoms with E-state index in [-0.39, 0.29) is 0 Å². The first-order chi connectivity index (χ1) is 7.16. The van der Waals surface area contributed by atoms with Crippen LogP contribution in [-0.4, -0.2) is 25.2 Å². The summed E-state index contributed by atoms with van der Waals surface area (Å²) in [5.74, 6) is 0. The zero-order valence-corrected chi connectivity index (χ0v) is 9.19. The fourth-order valence-electron chi connectivity index (χ4n) is 0.998. The van der Waals surface area contributed by atoms with E-state index in [1.807, 2.05) is 13.0 Å². The SMILES string of the molecule is Cc1cc(Sc2nnnn2C)ncc1N. The Balaban J connectivity index is 2.25. The average Bonchev–Trinajstić information content (AvgIpc) is 2.59. The largest absolute Gasteiger partial charge is 0.397 e. The second kappa shape index (κ2) is 3.85. The van der Waals surface area contributed by atoms with Gasteiger partial charge in [0.05, 0.1) is 11.9 Å². The average molecular weight is 222 g/mol. The summed E-state index contributed by atoms with van der Waals surface area (Å²) in [6.07, 6.45) is 1.64. The Labute approximate surface area is 90.9 Å². The van der Waals surface area contributed by atoms with Crippen molar-refractivity contribution in [3.63, 3.8) is 0 Å². The van der Waals surface area contributed by atoms with Gasteiger partial charge in [0.2, 0.25) is 5.16 Å². The van der Waals surface area contributed by atoms with E-state index in [9.17, 15) is 0 Å². The van der Waals surface area contributed by atoms with E-state index in [1.54, 1.807) is 17.9 Å². The number of hydrogen-bond acceptors (Lipinski definition) is 6. The quantitative estimate of drug-likeness (QED) is 0.803. The number of aromatic nitrogens is 5. The number of rotatable bonds is 2. The summed E-state index contributed by atoms with van der Waals surface area (Å²) >= 11 is 1.40. The van der Waals surface area contributed by atoms with Crippen LogP contribution in [0.2, 0.25) is 0 Å². The highest BCUT2D eigenvalue weighted by molar-refractivity contribution is 7.99. The second-order valence-corrected chi connectivity index (χ2v) is 4.05. The Hall–Kier alpha value is -1.63. The maximum atomic E-state index is 5.67. The molecule has 15 heavy (non-hydrogen) atoms. The molecule has 0 aromatic carbocycles. The lowest BCUT2D eigenvalue weighted by atomic mass is 10.3. The number of nitrogen functional groups attached to an aromatic ring is 1. The number of hydrogen-bond donors (Lipinski definition) is 1. The van der Waals surface area contributed by atoms with Gasteiger partial charge in [0.15, 0.2) is 0 Å². The first-order valence-corrected chi connectivity index (χ1v) is 5.11. The Kier molecular flexibility index (Phi) is 2.55. The van der Waals surface area contributed by atoms with Crippen molar-refractivity contribution in [2.75, 3.05) is 5.73 Å². The highest BCUT2D eigenvalue weighted by atomic mass is 32.2. The zero-order valence-electron chi connectivity index (χ0n) is 8.38. The number of aryl methyl sites for hydroxylation is 2. The Morgan fingerprint density at radius 2 is 2.27 bits per heavy atom. The third kappa shape index (κ3) is 2.07. The highest BCUT2D eigenvalue weighted by Crippen LogP contribution is 2.24. The predicted molar refractivity (Wildman–Crippen MR) is 56.3 cm³/mol. The molecular formula is C8H10N6S. The van der Waals surface area contributed by atoms with E-state index >= 15 is 0 Å². The number of nitrogens with two attached hydrogens (primary N) is 1. The van der Waals surface area contributed by atoms with Crippen molar-refractivity contribution >= 4 is 17.4 Å². The monoisotopic (exact) mass is 222 g/mol. The van der Waals surface area contributed by atoms with Crippen molar-refractivity contribution in [1.82, 2.24) is 25.2 Å². The molecule has 0 aliphatic heterocycles. The molecule has 2 heterocycles. The molecule has 6 nitrogen and oxygen atoms in total. The molecule has 2 rings (SSSR count). The molecule has 2 aromatic heterocycles. The zero-order chi connectivity index (χ0) is 10.8. The Bertz CT molecular complexity index is 480. The van der Waals surface area contributed by atoms with Crippen LogP contribution in [0.4, 0.5) is 5.69 Å². The van der Waals surface area contributed by atoms with Crippen LogP contribution >= 0.6 is 11.8 Å². The third-order valence-electron chi connectivity index (χ3n) is 1.90. The number of anilines is 1. The van der Waals surface area contributed by atoms with Crippen molar-refractivity contribution < 1.29 is 0 Å². The van der Waals surface area contributed by atoms with Crippen LogP contribution in [0.5, 0.6) is 0 Å². The van der Waals surface area contributed by atoms with Crippen molar-refractivity contribution in [3.8, 4) is 0 Å². The van der Waals surface area contributed by atoms with E-state index in [0.717, 1.165) is 10.6 Å². The van der Waals surface area contributed by atoms with Gasteiger partial charge in [-0.1, -0.05) is 0 Å². The molecule has 0 bridgehead atoms. The molecule has 0 saturated carbocycles. The van der Waals surface area contributed by atoms with Crippen LogP contribution < -0.4 is 5.73 Å². The van der Waals surface area contributed by atoms with Gasteiger partial charge in [0.1, 0.15) is 5.03 Å². The molecule has 0 fully saturated rings. The summed E-state index contributed by atoms with van der Waals surface area (Å²) in [4.78, 5) is 4.18. The molecule has 0 aliphatic rings. The number of tetrazole rings is 1. The van der Waals surface area contributed by atoms with Gasteiger partial charge < -0.3 is 5.73 Å². The summed E-state index contributed by atoms with van der Waals surface area (Å²) < 4.78 is 1.60. The lowest BCUT2D eigenvalue weighted by Crippen LogP contribution is -1.95. The first-order valence-electron chi connectivity index (χ1n) is 4.29. The standard InChI is InChI=1S/C8H10N6S/c1-5-3-7(10-4-6(5)9)15-8-11-12-13-14(8)2/h3-4H,9H2,1-2H3. The lowest BCUT2D eigenvalue weighted by molar-refractivity contribution is 0.664. The van der Waals surface area contributed by atoms with Gasteiger partial charge in [-0.2, -0.15) is 0 Å². The molecule has 0 aliphatic carbocycles. The van der Waals surface area contributed by atoms with E-state index < -0.39 is 0 Å². The minimum atomic E-state index is 0.690. The van der Waals surface area contributed by atoms with Crippen LogP contribution in [0.25, 0.3) is 0 Å². The van der Waals surface area contributed by atoms with Crippen molar-refractivity contribution in [2.24, 2.45) is 7.05 Å². The topological polar surface area (TPSA) is 82.5 Å². The summed E-state index contributed by atoms with van der Waals surface area (Å²) in [6, 6.07) is 1.91. The van der Waals surface area contributed by atoms with Gasteiger partial charge in [-0.15, -0.1) is 5.10 Å². The van der Waals surface area contributed by atoms with Gasteiger partial charge in [0, 0.05) is 7.05 Å². The van der Waals surface area contributed by atoms with Gasteiger partial charge in [-0.25, -0.2) is 9.67 Å². The van der Waals surface area contributed by atoms with Crippen LogP contribution in [0, 0.1) is 6.92 Å². The van der Waals surface area contributed by atoms with Crippen molar-refractivity contribution in [3.05, 3.63) is 17.8 Å². The number of pyridine rings is 1. The van der Waals surface area contributed by atoms with Crippen LogP contribution in [0.3, 0.4) is 0 Å². The molecule has 7 heteroatoms. The molecule has 0 unspecified atom stereocenters. The molecule has 0 radical (unpaired) electrons. The predicted octanol–water partition coefficient (Wildman–Crippen LogP) is 0.647. The van der Waals surface area contributed by atoms with E-state index in [2.05, 4.69) is 20.5 Å². The van der Waals surface area contributed by atoms with Crippen molar-refractivity contribution in [2.45, 2.75) is 17.1 Å². The molecule has 2 N–H and O–H groups in total. The molecular weight excluding hydrogens is 212 g/mol. The molecule has 0 amide bonds. The summed E-state index contributed by atoms with van der Waals surface area (Å²) in [7, 11) is 1.78. The summed E-state index contributed by atoms with van der Waals surface area (Å²) in [6.45, 7) is 1.94. The highest BCUT2D eigenvalue weighted by Gasteiger charge is 2.06. The maximum Gasteiger partial charge on any atom is 0.215 e. The molecule has 78 valence electrons. The first kappa shape index (κ1) is 9.91. The van der Waals surface area contributed by atoms with Crippen molar-refractivity contribution in [1.29, 1.82) is 0 Å². The molecule has 0 atom stereocenters. The summed E-state index contributed by atoms with van der Waals surface area (Å²) in [5, 5.41) is 12.7. The van der Waals surface area contributed by atoms with Crippen LogP contribution in [-0.2, 0) is 7.05 Å². The van der Waals surface area contributed by atoms with E-state index in [1.165, 1.54) is 11.8 Å². The molecule has 0 saturated heterocycles. The van der Waals surface area contributed by atoms with Gasteiger partial charge >= 0.3 is 0 Å². The Morgan fingerprint density at radius 1 is 1.47 bits per heavy atom. The lowest BCUT2D eigenvalue weighted by Gasteiger charge is -2.02. The Morgan fingerprint density at radius 3 is 2.87 bits per heavy atom. The van der Waals surface area contributed by atoms with Gasteiger partial charge in [-0.3, -0.25) is 0 Å². The van der Waals surface area contributed by atoms with Crippen LogP contribution in [0.15, 0.2) is 22.4 Å². The normalized spacial score (nSPS) is 10.5. The van der Waals surface area contributed by atoms with E-state index in [4.69, 9.17) is 5.73 Å². The second-order valence-electron chi connectivity index (χ2n) is 3.07. The summed E-state index contributed by atoms with van der Waals surface area (Å²) in [5.41, 5.74) is 7.37. The smallest absolute Gasteiger partial charge is 0.215 e. The molecule has 2 aromatic rings. The fourth-order valence-corrected chi connectivity index (χ4v) is 1.77. The minimum Gasteiger partial charge on any atom is -0.397 e. The minimum absolute atomic E-state index is 0.690. The fraction of sp³-hybridized carbons (Fsp3) is 0.250. The van der Waals surface area contributed by atoms with Crippen LogP contribution in [0.1, 0.15) is 5.56 Å². The van der Waals surface area contributed by atoms with Gasteiger partial charge in [0.25, 0.3) is 0 Å². The van der Waals surface area contributed by atoms with Gasteiger partial charge in [-0.05, 0) is 40.7 Å².